The van der Waals surface area contributed by atoms with Gasteiger partial charge in [-0.05, 0) is 25.8 Å². The van der Waals surface area contributed by atoms with Gasteiger partial charge >= 0.3 is 0 Å². The lowest BCUT2D eigenvalue weighted by atomic mass is 10.2. The molecule has 0 aliphatic carbocycles. The van der Waals surface area contributed by atoms with Crippen molar-refractivity contribution in [2.45, 2.75) is 26.4 Å². The van der Waals surface area contributed by atoms with Gasteiger partial charge in [-0.15, -0.1) is 0 Å². The molecule has 7 nitrogen and oxygen atoms in total. The maximum Gasteiger partial charge on any atom is 0.242 e. The normalized spacial score (nSPS) is 10.8. The number of nitrogens with one attached hydrogen (secondary N) is 1. The minimum atomic E-state index is 0.0236. The Morgan fingerprint density at radius 1 is 1.40 bits per heavy atom. The maximum absolute atomic E-state index is 5.99. The van der Waals surface area contributed by atoms with Gasteiger partial charge in [0.1, 0.15) is 12.0 Å². The second-order valence-corrected chi connectivity index (χ2v) is 4.81. The highest BCUT2D eigenvalue weighted by atomic mass is 16.5. The minimum absolute atomic E-state index is 0.0236. The van der Waals surface area contributed by atoms with Crippen LogP contribution in [0.15, 0.2) is 18.7 Å². The Morgan fingerprint density at radius 2 is 2.20 bits per heavy atom. The van der Waals surface area contributed by atoms with Gasteiger partial charge in [0, 0.05) is 19.8 Å². The number of aromatic nitrogens is 4. The number of nitrogen functional groups attached to an aromatic ring is 1. The van der Waals surface area contributed by atoms with E-state index in [1.54, 1.807) is 4.68 Å². The van der Waals surface area contributed by atoms with Crippen LogP contribution in [0.2, 0.25) is 0 Å². The molecule has 0 aliphatic heterocycles. The first-order valence-corrected chi connectivity index (χ1v) is 6.54. The van der Waals surface area contributed by atoms with Crippen LogP contribution < -0.4 is 15.8 Å². The highest BCUT2D eigenvalue weighted by Crippen LogP contribution is 2.25. The van der Waals surface area contributed by atoms with Crippen LogP contribution in [0.4, 0.5) is 11.5 Å². The minimum Gasteiger partial charge on any atom is -0.473 e. The smallest absolute Gasteiger partial charge is 0.242 e. The zero-order valence-electron chi connectivity index (χ0n) is 12.0. The lowest BCUT2D eigenvalue weighted by Gasteiger charge is -2.13. The van der Waals surface area contributed by atoms with Crippen LogP contribution in [0.25, 0.3) is 0 Å². The van der Waals surface area contributed by atoms with Crippen LogP contribution in [0.3, 0.4) is 0 Å². The van der Waals surface area contributed by atoms with Gasteiger partial charge in [-0.2, -0.15) is 10.1 Å². The van der Waals surface area contributed by atoms with Crippen LogP contribution in [-0.2, 0) is 13.5 Å². The first-order chi connectivity index (χ1) is 9.56. The molecule has 0 saturated carbocycles. The van der Waals surface area contributed by atoms with Crippen LogP contribution in [-0.4, -0.2) is 32.4 Å². The molecule has 20 heavy (non-hydrogen) atoms. The number of nitrogens with two attached hydrogens (primary N) is 1. The summed E-state index contributed by atoms with van der Waals surface area (Å²) in [4.78, 5) is 8.17. The second kappa shape index (κ2) is 6.23. The number of hydrogen-bond acceptors (Lipinski definition) is 6. The zero-order chi connectivity index (χ0) is 14.5. The topological polar surface area (TPSA) is 90.9 Å². The van der Waals surface area contributed by atoms with Crippen molar-refractivity contribution in [3.8, 4) is 5.88 Å². The molecule has 0 aliphatic rings. The number of ether oxygens (including phenoxy) is 1. The lowest BCUT2D eigenvalue weighted by Crippen LogP contribution is -2.13. The van der Waals surface area contributed by atoms with Crippen molar-refractivity contribution in [2.24, 2.45) is 7.05 Å². The lowest BCUT2D eigenvalue weighted by molar-refractivity contribution is 0.234. The molecule has 0 spiro atoms. The maximum atomic E-state index is 5.99. The zero-order valence-corrected chi connectivity index (χ0v) is 12.0. The Hall–Kier alpha value is -2.31. The van der Waals surface area contributed by atoms with Gasteiger partial charge in [0.15, 0.2) is 5.82 Å². The first-order valence-electron chi connectivity index (χ1n) is 6.54. The average molecular weight is 276 g/mol. The van der Waals surface area contributed by atoms with E-state index in [1.807, 2.05) is 33.3 Å². The first kappa shape index (κ1) is 14.1. The molecule has 2 aromatic heterocycles. The van der Waals surface area contributed by atoms with E-state index < -0.39 is 0 Å². The standard InChI is InChI=1S/C13H20N6O/c1-9(2)20-13-11(14)12(16-8-17-13)15-5-4-10-6-18-19(3)7-10/h6-9H,4-5,14H2,1-3H3,(H,15,16,17). The van der Waals surface area contributed by atoms with Gasteiger partial charge < -0.3 is 15.8 Å². The van der Waals surface area contributed by atoms with E-state index in [0.717, 1.165) is 12.0 Å². The Balaban J connectivity index is 1.95. The largest absolute Gasteiger partial charge is 0.473 e. The molecule has 0 fully saturated rings. The van der Waals surface area contributed by atoms with Gasteiger partial charge in [0.05, 0.1) is 12.3 Å². The van der Waals surface area contributed by atoms with E-state index >= 15 is 0 Å². The summed E-state index contributed by atoms with van der Waals surface area (Å²) in [5.41, 5.74) is 7.58. The fraction of sp³-hybridized carbons (Fsp3) is 0.462. The Labute approximate surface area is 118 Å². The van der Waals surface area contributed by atoms with Gasteiger partial charge in [-0.3, -0.25) is 4.68 Å². The summed E-state index contributed by atoms with van der Waals surface area (Å²) >= 11 is 0. The SMILES string of the molecule is CC(C)Oc1ncnc(NCCc2cnn(C)c2)c1N. The predicted octanol–water partition coefficient (Wildman–Crippen LogP) is 1.23. The van der Waals surface area contributed by atoms with Crippen LogP contribution in [0.1, 0.15) is 19.4 Å². The molecule has 0 radical (unpaired) electrons. The highest BCUT2D eigenvalue weighted by Gasteiger charge is 2.10. The van der Waals surface area contributed by atoms with Gasteiger partial charge in [-0.25, -0.2) is 4.98 Å². The monoisotopic (exact) mass is 276 g/mol. The van der Waals surface area contributed by atoms with E-state index in [0.29, 0.717) is 23.9 Å². The molecule has 108 valence electrons. The van der Waals surface area contributed by atoms with E-state index in [2.05, 4.69) is 20.4 Å². The second-order valence-electron chi connectivity index (χ2n) is 4.81. The molecule has 7 heteroatoms. The number of hydrogen-bond donors (Lipinski definition) is 2. The van der Waals surface area contributed by atoms with Crippen molar-refractivity contribution >= 4 is 11.5 Å². The van der Waals surface area contributed by atoms with E-state index in [-0.39, 0.29) is 6.10 Å². The van der Waals surface area contributed by atoms with E-state index in [4.69, 9.17) is 10.5 Å². The third-order valence-electron chi connectivity index (χ3n) is 2.66. The van der Waals surface area contributed by atoms with Crippen LogP contribution >= 0.6 is 0 Å². The number of rotatable bonds is 6. The van der Waals surface area contributed by atoms with Gasteiger partial charge in [0.2, 0.25) is 5.88 Å². The van der Waals surface area contributed by atoms with Crippen molar-refractivity contribution in [1.82, 2.24) is 19.7 Å². The van der Waals surface area contributed by atoms with Crippen molar-refractivity contribution in [1.29, 1.82) is 0 Å². The molecule has 0 saturated heterocycles. The fourth-order valence-corrected chi connectivity index (χ4v) is 1.76. The van der Waals surface area contributed by atoms with Gasteiger partial charge in [-0.1, -0.05) is 0 Å². The quantitative estimate of drug-likeness (QED) is 0.824. The predicted molar refractivity (Wildman–Crippen MR) is 77.6 cm³/mol. The molecule has 0 amide bonds. The van der Waals surface area contributed by atoms with Crippen molar-refractivity contribution in [3.63, 3.8) is 0 Å². The molecular formula is C13H20N6O. The Bertz CT molecular complexity index is 566. The number of aryl methyl sites for hydroxylation is 1. The number of anilines is 2. The molecule has 2 heterocycles. The number of nitrogens with zero attached hydrogens (tertiary/aromatic N) is 4. The summed E-state index contributed by atoms with van der Waals surface area (Å²) in [6, 6.07) is 0. The van der Waals surface area contributed by atoms with Crippen molar-refractivity contribution < 1.29 is 4.74 Å². The summed E-state index contributed by atoms with van der Waals surface area (Å²) < 4.78 is 7.30. The summed E-state index contributed by atoms with van der Waals surface area (Å²) in [7, 11) is 1.90. The molecule has 3 N–H and O–H groups in total. The summed E-state index contributed by atoms with van der Waals surface area (Å²) in [6.45, 7) is 4.57. The Morgan fingerprint density at radius 3 is 2.85 bits per heavy atom. The summed E-state index contributed by atoms with van der Waals surface area (Å²) in [6.07, 6.45) is 6.14. The van der Waals surface area contributed by atoms with E-state index in [1.165, 1.54) is 6.33 Å². The molecule has 0 unspecified atom stereocenters. The Kier molecular flexibility index (Phi) is 4.39. The average Bonchev–Trinajstić information content (AvgIpc) is 2.79. The fourth-order valence-electron chi connectivity index (χ4n) is 1.76. The van der Waals surface area contributed by atoms with Crippen molar-refractivity contribution in [3.05, 3.63) is 24.3 Å². The molecule has 2 aromatic rings. The molecular weight excluding hydrogens is 256 g/mol. The summed E-state index contributed by atoms with van der Waals surface area (Å²) in [5.74, 6) is 1.01. The highest BCUT2D eigenvalue weighted by molar-refractivity contribution is 5.66. The van der Waals surface area contributed by atoms with Gasteiger partial charge in [0.25, 0.3) is 0 Å². The third-order valence-corrected chi connectivity index (χ3v) is 2.66. The molecule has 2 rings (SSSR count). The molecule has 0 bridgehead atoms. The van der Waals surface area contributed by atoms with E-state index in [9.17, 15) is 0 Å². The summed E-state index contributed by atoms with van der Waals surface area (Å²) in [5, 5.41) is 7.32. The van der Waals surface area contributed by atoms with Crippen LogP contribution in [0.5, 0.6) is 5.88 Å². The third kappa shape index (κ3) is 3.59. The van der Waals surface area contributed by atoms with Crippen molar-refractivity contribution in [2.75, 3.05) is 17.6 Å². The van der Waals surface area contributed by atoms with Crippen LogP contribution in [0, 0.1) is 0 Å². The molecule has 0 aromatic carbocycles. The molecule has 0 atom stereocenters.